The Morgan fingerprint density at radius 2 is 1.28 bits per heavy atom. The lowest BCUT2D eigenvalue weighted by atomic mass is 9.90. The summed E-state index contributed by atoms with van der Waals surface area (Å²) >= 11 is 0. The average molecular weight is 625 g/mol. The van der Waals surface area contributed by atoms with E-state index >= 15 is 0 Å². The van der Waals surface area contributed by atoms with E-state index in [9.17, 15) is 15.0 Å². The molecule has 248 valence electrons. The van der Waals surface area contributed by atoms with Crippen molar-refractivity contribution in [3.05, 3.63) is 120 Å². The van der Waals surface area contributed by atoms with Crippen LogP contribution in [0.4, 0.5) is 0 Å². The maximum atomic E-state index is 11.1. The fraction of sp³-hybridized carbons (Fsp3) is 0.286. The largest absolute Gasteiger partial charge is 0.507 e. The standard InChI is InChI=1S/C21H20O2.C11H12O.C5H12.C2H6.C2H4.CH2O/c1-4-7-16-13(2)10-11-19(22)20(16)18-12-14(3)15-8-5-6-9-17(15)21(18)23;1-8(2)10-6-4-5-7-11(10)9(3)12;1-3-5-4-2;3*1-2/h4-12,22-23H,1-3H3;4-7H,1H2,2-3H3;3-5H2,1-2H3;1-2H3;1-2H2;1H2/b7-4-;;;;;. The summed E-state index contributed by atoms with van der Waals surface area (Å²) in [6, 6.07) is 20.8. The molecule has 4 rings (SSSR count). The van der Waals surface area contributed by atoms with E-state index in [0.29, 0.717) is 11.1 Å². The number of ketones is 1. The molecular formula is C42H56O4. The van der Waals surface area contributed by atoms with Crippen molar-refractivity contribution >= 4 is 35.0 Å². The Bertz CT molecular complexity index is 1490. The highest BCUT2D eigenvalue weighted by atomic mass is 16.3. The number of aryl methyl sites for hydroxylation is 2. The monoisotopic (exact) mass is 624 g/mol. The van der Waals surface area contributed by atoms with Crippen LogP contribution in [0.15, 0.2) is 92.5 Å². The van der Waals surface area contributed by atoms with Gasteiger partial charge in [-0.15, -0.1) is 13.2 Å². The predicted octanol–water partition coefficient (Wildman–Crippen LogP) is 12.3. The first-order valence-corrected chi connectivity index (χ1v) is 15.8. The summed E-state index contributed by atoms with van der Waals surface area (Å²) in [7, 11) is 0. The lowest BCUT2D eigenvalue weighted by molar-refractivity contribution is -0.0980. The number of allylic oxidation sites excluding steroid dienone is 2. The Kier molecular flexibility index (Phi) is 23.2. The maximum Gasteiger partial charge on any atom is 0.160 e. The van der Waals surface area contributed by atoms with Crippen LogP contribution in [0.5, 0.6) is 11.5 Å². The van der Waals surface area contributed by atoms with E-state index in [1.165, 1.54) is 19.3 Å². The van der Waals surface area contributed by atoms with Crippen molar-refractivity contribution in [1.82, 2.24) is 0 Å². The SMILES string of the molecule is C/C=C\c1c(C)ccc(O)c1-c1cc(C)c2ccccc2c1O.C=C.C=C(C)c1ccccc1C(C)=O.C=O.CC.CCCCC. The zero-order valence-corrected chi connectivity index (χ0v) is 29.7. The van der Waals surface area contributed by atoms with Gasteiger partial charge in [0.1, 0.15) is 18.3 Å². The topological polar surface area (TPSA) is 74.6 Å². The average Bonchev–Trinajstić information content (AvgIpc) is 3.08. The van der Waals surface area contributed by atoms with Gasteiger partial charge in [0, 0.05) is 22.1 Å². The zero-order chi connectivity index (χ0) is 35.8. The van der Waals surface area contributed by atoms with Crippen LogP contribution in [0.1, 0.15) is 100 Å². The van der Waals surface area contributed by atoms with E-state index in [0.717, 1.165) is 44.2 Å². The quantitative estimate of drug-likeness (QED) is 0.165. The zero-order valence-electron chi connectivity index (χ0n) is 29.7. The van der Waals surface area contributed by atoms with Crippen molar-refractivity contribution in [2.75, 3.05) is 0 Å². The molecule has 0 amide bonds. The predicted molar refractivity (Wildman–Crippen MR) is 203 cm³/mol. The van der Waals surface area contributed by atoms with Gasteiger partial charge in [-0.05, 0) is 74.4 Å². The molecule has 4 aromatic rings. The molecule has 0 saturated carbocycles. The van der Waals surface area contributed by atoms with Gasteiger partial charge < -0.3 is 15.0 Å². The smallest absolute Gasteiger partial charge is 0.160 e. The van der Waals surface area contributed by atoms with Crippen LogP contribution >= 0.6 is 0 Å². The summed E-state index contributed by atoms with van der Waals surface area (Å²) < 4.78 is 0. The van der Waals surface area contributed by atoms with Gasteiger partial charge in [0.2, 0.25) is 0 Å². The molecule has 0 aliphatic rings. The number of hydrogen-bond acceptors (Lipinski definition) is 4. The minimum atomic E-state index is 0.0913. The maximum absolute atomic E-state index is 11.1. The van der Waals surface area contributed by atoms with Crippen LogP contribution in [0.2, 0.25) is 0 Å². The molecule has 0 aromatic heterocycles. The molecule has 0 atom stereocenters. The molecule has 0 unspecified atom stereocenters. The summed E-state index contributed by atoms with van der Waals surface area (Å²) in [6.07, 6.45) is 7.98. The highest BCUT2D eigenvalue weighted by Crippen LogP contribution is 2.44. The van der Waals surface area contributed by atoms with Crippen LogP contribution < -0.4 is 0 Å². The molecule has 0 spiro atoms. The number of benzene rings is 4. The highest BCUT2D eigenvalue weighted by Gasteiger charge is 2.17. The van der Waals surface area contributed by atoms with Crippen LogP contribution in [-0.2, 0) is 4.79 Å². The Labute approximate surface area is 278 Å². The van der Waals surface area contributed by atoms with Crippen LogP contribution in [0, 0.1) is 13.8 Å². The minimum absolute atomic E-state index is 0.0913. The Balaban J connectivity index is 0. The van der Waals surface area contributed by atoms with Gasteiger partial charge in [0.25, 0.3) is 0 Å². The summed E-state index contributed by atoms with van der Waals surface area (Å²) in [4.78, 5) is 19.1. The molecule has 46 heavy (non-hydrogen) atoms. The molecule has 4 heteroatoms. The molecule has 0 bridgehead atoms. The molecule has 2 N–H and O–H groups in total. The van der Waals surface area contributed by atoms with Gasteiger partial charge in [0.15, 0.2) is 5.78 Å². The number of fused-ring (bicyclic) bond motifs is 1. The molecule has 0 aliphatic carbocycles. The van der Waals surface area contributed by atoms with E-state index < -0.39 is 0 Å². The van der Waals surface area contributed by atoms with Gasteiger partial charge in [0.05, 0.1) is 0 Å². The number of Topliss-reactive ketones (excluding diaryl/α,β-unsaturated/α-hetero) is 1. The summed E-state index contributed by atoms with van der Waals surface area (Å²) in [6.45, 7) is 29.7. The van der Waals surface area contributed by atoms with Crippen LogP contribution in [-0.4, -0.2) is 22.8 Å². The van der Waals surface area contributed by atoms with Crippen molar-refractivity contribution < 1.29 is 19.8 Å². The molecule has 0 aliphatic heterocycles. The fourth-order valence-electron chi connectivity index (χ4n) is 4.62. The molecule has 0 saturated heterocycles. The van der Waals surface area contributed by atoms with Crippen LogP contribution in [0.3, 0.4) is 0 Å². The summed E-state index contributed by atoms with van der Waals surface area (Å²) in [5, 5.41) is 23.1. The second kappa shape index (κ2) is 24.6. The second-order valence-electron chi connectivity index (χ2n) is 10.1. The van der Waals surface area contributed by atoms with Gasteiger partial charge in [-0.2, -0.15) is 0 Å². The third-order valence-electron chi connectivity index (χ3n) is 6.74. The van der Waals surface area contributed by atoms with Gasteiger partial charge in [-0.1, -0.05) is 126 Å². The number of aromatic hydroxyl groups is 2. The summed E-state index contributed by atoms with van der Waals surface area (Å²) in [5.74, 6) is 0.472. The number of phenolic OH excluding ortho intramolecular Hbond substituents is 2. The molecule has 4 aromatic carbocycles. The number of rotatable bonds is 6. The normalized spacial score (nSPS) is 9.41. The van der Waals surface area contributed by atoms with Crippen molar-refractivity contribution in [2.45, 2.75) is 81.6 Å². The Hall–Kier alpha value is -4.70. The molecule has 0 heterocycles. The minimum Gasteiger partial charge on any atom is -0.507 e. The number of carbonyl (C=O) groups is 2. The van der Waals surface area contributed by atoms with E-state index in [1.807, 2.05) is 121 Å². The number of unbranched alkanes of at least 4 members (excludes halogenated alkanes) is 2. The second-order valence-corrected chi connectivity index (χ2v) is 10.1. The van der Waals surface area contributed by atoms with Crippen molar-refractivity contribution in [2.24, 2.45) is 0 Å². The Morgan fingerprint density at radius 3 is 1.72 bits per heavy atom. The van der Waals surface area contributed by atoms with Crippen molar-refractivity contribution in [3.8, 4) is 22.6 Å². The van der Waals surface area contributed by atoms with Gasteiger partial charge >= 0.3 is 0 Å². The van der Waals surface area contributed by atoms with Crippen molar-refractivity contribution in [3.63, 3.8) is 0 Å². The lowest BCUT2D eigenvalue weighted by Crippen LogP contribution is -1.96. The van der Waals surface area contributed by atoms with Gasteiger partial charge in [-0.3, -0.25) is 4.79 Å². The third kappa shape index (κ3) is 12.7. The van der Waals surface area contributed by atoms with E-state index in [4.69, 9.17) is 4.79 Å². The fourth-order valence-corrected chi connectivity index (χ4v) is 4.62. The Morgan fingerprint density at radius 1 is 0.783 bits per heavy atom. The molecule has 0 fully saturated rings. The molecule has 0 radical (unpaired) electrons. The first-order valence-electron chi connectivity index (χ1n) is 15.8. The van der Waals surface area contributed by atoms with Crippen molar-refractivity contribution in [1.29, 1.82) is 0 Å². The van der Waals surface area contributed by atoms with E-state index in [1.54, 1.807) is 13.0 Å². The van der Waals surface area contributed by atoms with Crippen LogP contribution in [0.25, 0.3) is 33.5 Å². The first-order chi connectivity index (χ1) is 22.1. The third-order valence-corrected chi connectivity index (χ3v) is 6.74. The first kappa shape index (κ1) is 43.4. The number of carbonyl (C=O) groups excluding carboxylic acids is 2. The van der Waals surface area contributed by atoms with E-state index in [-0.39, 0.29) is 17.3 Å². The highest BCUT2D eigenvalue weighted by molar-refractivity contribution is 6.00. The molecule has 4 nitrogen and oxygen atoms in total. The van der Waals surface area contributed by atoms with E-state index in [2.05, 4.69) is 33.6 Å². The number of hydrogen-bond donors (Lipinski definition) is 2. The lowest BCUT2D eigenvalue weighted by Gasteiger charge is -2.16. The number of phenols is 2. The van der Waals surface area contributed by atoms with Gasteiger partial charge in [-0.25, -0.2) is 0 Å². The molecular weight excluding hydrogens is 568 g/mol. The summed E-state index contributed by atoms with van der Waals surface area (Å²) in [5.41, 5.74) is 7.03.